The van der Waals surface area contributed by atoms with Gasteiger partial charge in [-0.3, -0.25) is 0 Å². The highest BCUT2D eigenvalue weighted by Crippen LogP contribution is 2.05. The van der Waals surface area contributed by atoms with Crippen molar-refractivity contribution in [2.75, 3.05) is 20.2 Å². The summed E-state index contributed by atoms with van der Waals surface area (Å²) < 4.78 is 26.7. The van der Waals surface area contributed by atoms with Crippen LogP contribution in [0.5, 0.6) is 0 Å². The van der Waals surface area contributed by atoms with E-state index in [1.165, 1.54) is 11.4 Å². The van der Waals surface area contributed by atoms with Gasteiger partial charge in [0.2, 0.25) is 0 Å². The first-order chi connectivity index (χ1) is 7.56. The van der Waals surface area contributed by atoms with Crippen molar-refractivity contribution in [2.24, 2.45) is 0 Å². The summed E-state index contributed by atoms with van der Waals surface area (Å²) in [6, 6.07) is 9.31. The maximum absolute atomic E-state index is 11.6. The van der Waals surface area contributed by atoms with E-state index in [4.69, 9.17) is 5.11 Å². The van der Waals surface area contributed by atoms with E-state index in [0.29, 0.717) is 6.54 Å². The molecule has 0 aliphatic rings. The summed E-state index contributed by atoms with van der Waals surface area (Å²) in [5, 5.41) is 8.56. The number of hydrogen-bond acceptors (Lipinski definition) is 3. The first-order valence-electron chi connectivity index (χ1n) is 4.92. The number of nitrogens with zero attached hydrogens (tertiary/aromatic N) is 1. The average Bonchev–Trinajstić information content (AvgIpc) is 2.28. The van der Waals surface area contributed by atoms with E-state index in [9.17, 15) is 8.42 Å². The van der Waals surface area contributed by atoms with Gasteiger partial charge in [0.25, 0.3) is 10.2 Å². The van der Waals surface area contributed by atoms with E-state index in [1.54, 1.807) is 0 Å². The van der Waals surface area contributed by atoms with E-state index in [2.05, 4.69) is 4.72 Å². The zero-order chi connectivity index (χ0) is 12.0. The largest absolute Gasteiger partial charge is 0.395 e. The maximum Gasteiger partial charge on any atom is 0.279 e. The highest BCUT2D eigenvalue weighted by atomic mass is 32.2. The van der Waals surface area contributed by atoms with E-state index in [0.717, 1.165) is 5.56 Å². The third-order valence-corrected chi connectivity index (χ3v) is 3.57. The molecule has 0 aromatic heterocycles. The Labute approximate surface area is 95.9 Å². The highest BCUT2D eigenvalue weighted by Gasteiger charge is 2.16. The first-order valence-corrected chi connectivity index (χ1v) is 6.36. The van der Waals surface area contributed by atoms with Gasteiger partial charge in [0.1, 0.15) is 0 Å². The summed E-state index contributed by atoms with van der Waals surface area (Å²) in [7, 11) is -2.00. The predicted octanol–water partition coefficient (Wildman–Crippen LogP) is -0.0549. The Bertz CT molecular complexity index is 405. The lowest BCUT2D eigenvalue weighted by Crippen LogP contribution is -2.39. The number of aliphatic hydroxyl groups excluding tert-OH is 1. The van der Waals surface area contributed by atoms with Crippen molar-refractivity contribution >= 4 is 10.2 Å². The summed E-state index contributed by atoms with van der Waals surface area (Å²) in [4.78, 5) is 0. The third-order valence-electron chi connectivity index (χ3n) is 2.05. The lowest BCUT2D eigenvalue weighted by molar-refractivity contribution is 0.299. The Hall–Kier alpha value is -0.950. The van der Waals surface area contributed by atoms with Crippen LogP contribution in [-0.2, 0) is 16.8 Å². The molecule has 0 saturated heterocycles. The SMILES string of the molecule is CN(Cc1ccccc1)S(=O)(=O)NCCO. The van der Waals surface area contributed by atoms with Gasteiger partial charge in [-0.25, -0.2) is 0 Å². The molecule has 0 bridgehead atoms. The molecule has 0 aliphatic carbocycles. The van der Waals surface area contributed by atoms with Crippen LogP contribution in [0, 0.1) is 0 Å². The molecule has 0 saturated carbocycles. The Kier molecular flexibility index (Phi) is 4.88. The van der Waals surface area contributed by atoms with Crippen LogP contribution in [0.2, 0.25) is 0 Å². The quantitative estimate of drug-likeness (QED) is 0.737. The fraction of sp³-hybridized carbons (Fsp3) is 0.400. The Balaban J connectivity index is 2.61. The lowest BCUT2D eigenvalue weighted by Gasteiger charge is -2.17. The minimum atomic E-state index is -3.50. The average molecular weight is 244 g/mol. The van der Waals surface area contributed by atoms with Crippen molar-refractivity contribution in [3.05, 3.63) is 35.9 Å². The molecule has 0 radical (unpaired) electrons. The second-order valence-corrected chi connectivity index (χ2v) is 5.23. The smallest absolute Gasteiger partial charge is 0.279 e. The van der Waals surface area contributed by atoms with E-state index in [1.807, 2.05) is 30.3 Å². The number of benzene rings is 1. The van der Waals surface area contributed by atoms with E-state index < -0.39 is 10.2 Å². The van der Waals surface area contributed by atoms with Crippen molar-refractivity contribution in [3.63, 3.8) is 0 Å². The van der Waals surface area contributed by atoms with Crippen molar-refractivity contribution in [1.82, 2.24) is 9.03 Å². The molecule has 0 heterocycles. The van der Waals surface area contributed by atoms with Crippen LogP contribution >= 0.6 is 0 Å². The molecule has 0 spiro atoms. The van der Waals surface area contributed by atoms with Crippen LogP contribution in [-0.4, -0.2) is 38.0 Å². The van der Waals surface area contributed by atoms with Gasteiger partial charge < -0.3 is 5.11 Å². The number of aliphatic hydroxyl groups is 1. The molecule has 90 valence electrons. The van der Waals surface area contributed by atoms with Gasteiger partial charge in [-0.2, -0.15) is 17.4 Å². The van der Waals surface area contributed by atoms with Crippen LogP contribution in [0.3, 0.4) is 0 Å². The molecule has 0 unspecified atom stereocenters. The van der Waals surface area contributed by atoms with Crippen LogP contribution in [0.1, 0.15) is 5.56 Å². The topological polar surface area (TPSA) is 69.6 Å². The van der Waals surface area contributed by atoms with E-state index in [-0.39, 0.29) is 13.2 Å². The van der Waals surface area contributed by atoms with Crippen LogP contribution in [0.15, 0.2) is 30.3 Å². The number of rotatable bonds is 6. The molecule has 1 aromatic carbocycles. The number of nitrogens with one attached hydrogen (secondary N) is 1. The molecular weight excluding hydrogens is 228 g/mol. The molecular formula is C10H16N2O3S. The van der Waals surface area contributed by atoms with Crippen molar-refractivity contribution in [2.45, 2.75) is 6.54 Å². The van der Waals surface area contributed by atoms with Crippen molar-refractivity contribution in [3.8, 4) is 0 Å². The summed E-state index contributed by atoms with van der Waals surface area (Å²) in [6.07, 6.45) is 0. The molecule has 0 fully saturated rings. The summed E-state index contributed by atoms with van der Waals surface area (Å²) >= 11 is 0. The minimum absolute atomic E-state index is 0.0292. The van der Waals surface area contributed by atoms with Gasteiger partial charge in [0.15, 0.2) is 0 Å². The molecule has 6 heteroatoms. The molecule has 5 nitrogen and oxygen atoms in total. The van der Waals surface area contributed by atoms with E-state index >= 15 is 0 Å². The Morgan fingerprint density at radius 3 is 2.50 bits per heavy atom. The highest BCUT2D eigenvalue weighted by molar-refractivity contribution is 7.87. The fourth-order valence-corrected chi connectivity index (χ4v) is 2.10. The molecule has 1 aromatic rings. The van der Waals surface area contributed by atoms with Gasteiger partial charge in [-0.15, -0.1) is 0 Å². The van der Waals surface area contributed by atoms with Crippen molar-refractivity contribution < 1.29 is 13.5 Å². The summed E-state index contributed by atoms with van der Waals surface area (Å²) in [5.41, 5.74) is 0.916. The predicted molar refractivity (Wildman–Crippen MR) is 61.9 cm³/mol. The molecule has 16 heavy (non-hydrogen) atoms. The van der Waals surface area contributed by atoms with Gasteiger partial charge in [0.05, 0.1) is 6.61 Å². The van der Waals surface area contributed by atoms with Crippen LogP contribution < -0.4 is 4.72 Å². The van der Waals surface area contributed by atoms with Crippen LogP contribution in [0.25, 0.3) is 0 Å². The van der Waals surface area contributed by atoms with Gasteiger partial charge in [0, 0.05) is 20.1 Å². The normalized spacial score (nSPS) is 11.9. The minimum Gasteiger partial charge on any atom is -0.395 e. The summed E-state index contributed by atoms with van der Waals surface area (Å²) in [5.74, 6) is 0. The van der Waals surface area contributed by atoms with Gasteiger partial charge in [-0.1, -0.05) is 30.3 Å². The summed E-state index contributed by atoms with van der Waals surface area (Å²) in [6.45, 7) is 0.126. The standard InChI is InChI=1S/C10H16N2O3S/c1-12(16(14,15)11-7-8-13)9-10-5-3-2-4-6-10/h2-6,11,13H,7-9H2,1H3. The second kappa shape index (κ2) is 5.95. The zero-order valence-corrected chi connectivity index (χ0v) is 9.94. The zero-order valence-electron chi connectivity index (χ0n) is 9.13. The second-order valence-electron chi connectivity index (χ2n) is 3.36. The lowest BCUT2D eigenvalue weighted by atomic mass is 10.2. The molecule has 1 rings (SSSR count). The monoisotopic (exact) mass is 244 g/mol. The van der Waals surface area contributed by atoms with Gasteiger partial charge >= 0.3 is 0 Å². The fourth-order valence-electron chi connectivity index (χ4n) is 1.21. The number of hydrogen-bond donors (Lipinski definition) is 2. The molecule has 0 aliphatic heterocycles. The molecule has 0 amide bonds. The Morgan fingerprint density at radius 1 is 1.31 bits per heavy atom. The van der Waals surface area contributed by atoms with Crippen LogP contribution in [0.4, 0.5) is 0 Å². The maximum atomic E-state index is 11.6. The Morgan fingerprint density at radius 2 is 1.94 bits per heavy atom. The first kappa shape index (κ1) is 13.1. The third kappa shape index (κ3) is 3.90. The molecule has 0 atom stereocenters. The molecule has 2 N–H and O–H groups in total. The van der Waals surface area contributed by atoms with Crippen molar-refractivity contribution in [1.29, 1.82) is 0 Å². The van der Waals surface area contributed by atoms with Gasteiger partial charge in [-0.05, 0) is 5.56 Å².